The molecule has 1 heterocycles. The van der Waals surface area contributed by atoms with Crippen molar-refractivity contribution >= 4 is 29.2 Å². The third kappa shape index (κ3) is 8.43. The number of nitrogens with zero attached hydrogens (tertiary/aromatic N) is 1. The van der Waals surface area contributed by atoms with Crippen LogP contribution in [0, 0.1) is 17.3 Å². The van der Waals surface area contributed by atoms with Crippen molar-refractivity contribution in [3.63, 3.8) is 0 Å². The molecule has 1 unspecified atom stereocenters. The maximum Gasteiger partial charge on any atom is 0.245 e. The van der Waals surface area contributed by atoms with Gasteiger partial charge in [0.2, 0.25) is 17.7 Å². The van der Waals surface area contributed by atoms with Crippen LogP contribution in [0.1, 0.15) is 73.3 Å². The summed E-state index contributed by atoms with van der Waals surface area (Å²) in [6.45, 7) is 14.0. The van der Waals surface area contributed by atoms with E-state index in [-0.39, 0.29) is 35.4 Å². The summed E-state index contributed by atoms with van der Waals surface area (Å²) in [5, 5.41) is 5.57. The zero-order valence-corrected chi connectivity index (χ0v) is 22.9. The number of hydrogen-bond donors (Lipinski definition) is 3. The number of nitrogens with one attached hydrogen (secondary N) is 2. The maximum atomic E-state index is 13.3. The summed E-state index contributed by atoms with van der Waals surface area (Å²) in [6, 6.07) is 5.74. The summed E-state index contributed by atoms with van der Waals surface area (Å²) >= 11 is 0. The minimum atomic E-state index is -0.776. The van der Waals surface area contributed by atoms with Crippen molar-refractivity contribution in [3.8, 4) is 0 Å². The van der Waals surface area contributed by atoms with Gasteiger partial charge in [-0.3, -0.25) is 19.2 Å². The molecule has 1 aliphatic heterocycles. The van der Waals surface area contributed by atoms with Crippen molar-refractivity contribution in [2.75, 3.05) is 11.9 Å². The van der Waals surface area contributed by atoms with E-state index in [2.05, 4.69) is 31.4 Å². The van der Waals surface area contributed by atoms with Crippen LogP contribution < -0.4 is 16.4 Å². The Morgan fingerprint density at radius 2 is 1.64 bits per heavy atom. The third-order valence-electron chi connectivity index (χ3n) is 6.57. The smallest absolute Gasteiger partial charge is 0.245 e. The van der Waals surface area contributed by atoms with E-state index in [1.165, 1.54) is 10.5 Å². The predicted molar refractivity (Wildman–Crippen MR) is 142 cm³/mol. The molecule has 4 N–H and O–H groups in total. The van der Waals surface area contributed by atoms with Crippen LogP contribution in [0.15, 0.2) is 24.3 Å². The minimum Gasteiger partial charge on any atom is -0.343 e. The summed E-state index contributed by atoms with van der Waals surface area (Å²) < 4.78 is 0. The summed E-state index contributed by atoms with van der Waals surface area (Å²) in [4.78, 5) is 52.8. The zero-order chi connectivity index (χ0) is 27.2. The van der Waals surface area contributed by atoms with E-state index in [0.717, 1.165) is 6.42 Å². The van der Waals surface area contributed by atoms with E-state index < -0.39 is 30.0 Å². The monoisotopic (exact) mass is 500 g/mol. The highest BCUT2D eigenvalue weighted by Gasteiger charge is 2.38. The molecule has 0 aliphatic carbocycles. The Kier molecular flexibility index (Phi) is 10.2. The second kappa shape index (κ2) is 12.5. The first-order valence-electron chi connectivity index (χ1n) is 13.0. The molecule has 1 fully saturated rings. The molecule has 1 aliphatic rings. The molecular formula is C28H44N4O4. The Morgan fingerprint density at radius 3 is 2.17 bits per heavy atom. The average Bonchev–Trinajstić information content (AvgIpc) is 3.26. The standard InChI is InChI=1S/C28H44N4O4/c1-17(2)22(26(35)31-21-12-10-20(11-13-21)16-28(5,6)7)15-24(33)23-9-8-14-32(23)27(36)19(4)30-25(34)18(3)29/h10-13,17-19,22-23H,8-9,14-16,29H2,1-7H3,(H,30,34)(H,31,35)/t18-,19+,22?,23+/m1/s1. The second-order valence-electron chi connectivity index (χ2n) is 11.7. The summed E-state index contributed by atoms with van der Waals surface area (Å²) in [5.41, 5.74) is 7.66. The molecule has 3 amide bonds. The van der Waals surface area contributed by atoms with Crippen LogP contribution in [0.3, 0.4) is 0 Å². The topological polar surface area (TPSA) is 122 Å². The Labute approximate surface area is 215 Å². The first-order valence-corrected chi connectivity index (χ1v) is 13.0. The number of nitrogens with two attached hydrogens (primary N) is 1. The third-order valence-corrected chi connectivity index (χ3v) is 6.57. The van der Waals surface area contributed by atoms with Crippen LogP contribution in [0.4, 0.5) is 5.69 Å². The number of hydrogen-bond acceptors (Lipinski definition) is 5. The highest BCUT2D eigenvalue weighted by molar-refractivity contribution is 5.98. The lowest BCUT2D eigenvalue weighted by atomic mass is 9.87. The fraction of sp³-hybridized carbons (Fsp3) is 0.643. The molecule has 0 aromatic heterocycles. The zero-order valence-electron chi connectivity index (χ0n) is 22.9. The normalized spacial score (nSPS) is 18.5. The van der Waals surface area contributed by atoms with Crippen LogP contribution in [0.2, 0.25) is 0 Å². The first-order chi connectivity index (χ1) is 16.7. The number of carbonyl (C=O) groups is 4. The molecule has 0 spiro atoms. The Hall–Kier alpha value is -2.74. The van der Waals surface area contributed by atoms with Crippen molar-refractivity contribution in [2.24, 2.45) is 23.0 Å². The molecule has 8 heteroatoms. The molecule has 0 radical (unpaired) electrons. The SMILES string of the molecule is CC(C)C(CC(=O)[C@@H]1CCCN1C(=O)[C@H](C)NC(=O)[C@@H](C)N)C(=O)Nc1ccc(CC(C)(C)C)cc1. The van der Waals surface area contributed by atoms with Crippen molar-refractivity contribution < 1.29 is 19.2 Å². The van der Waals surface area contributed by atoms with Crippen molar-refractivity contribution in [1.29, 1.82) is 0 Å². The Balaban J connectivity index is 2.04. The van der Waals surface area contributed by atoms with Crippen molar-refractivity contribution in [3.05, 3.63) is 29.8 Å². The van der Waals surface area contributed by atoms with Crippen LogP contribution in [-0.4, -0.2) is 53.1 Å². The van der Waals surface area contributed by atoms with E-state index in [1.807, 2.05) is 38.1 Å². The van der Waals surface area contributed by atoms with E-state index in [0.29, 0.717) is 25.1 Å². The lowest BCUT2D eigenvalue weighted by Crippen LogP contribution is -2.53. The molecule has 1 aromatic rings. The molecule has 4 atom stereocenters. The van der Waals surface area contributed by atoms with Gasteiger partial charge in [0.05, 0.1) is 12.1 Å². The summed E-state index contributed by atoms with van der Waals surface area (Å²) in [5.74, 6) is -1.61. The lowest BCUT2D eigenvalue weighted by Gasteiger charge is -2.29. The molecule has 1 saturated heterocycles. The van der Waals surface area contributed by atoms with Gasteiger partial charge < -0.3 is 21.3 Å². The number of rotatable bonds is 10. The fourth-order valence-corrected chi connectivity index (χ4v) is 4.56. The first kappa shape index (κ1) is 29.5. The van der Waals surface area contributed by atoms with E-state index in [1.54, 1.807) is 13.8 Å². The summed E-state index contributed by atoms with van der Waals surface area (Å²) in [6.07, 6.45) is 2.25. The largest absolute Gasteiger partial charge is 0.343 e. The quantitative estimate of drug-likeness (QED) is 0.455. The molecule has 2 rings (SSSR count). The number of amides is 3. The van der Waals surface area contributed by atoms with E-state index in [9.17, 15) is 19.2 Å². The van der Waals surface area contributed by atoms with Gasteiger partial charge in [0.15, 0.2) is 5.78 Å². The van der Waals surface area contributed by atoms with Gasteiger partial charge in [-0.2, -0.15) is 0 Å². The molecule has 1 aromatic carbocycles. The molecular weight excluding hydrogens is 456 g/mol. The van der Waals surface area contributed by atoms with Crippen molar-refractivity contribution in [2.45, 2.75) is 92.3 Å². The fourth-order valence-electron chi connectivity index (χ4n) is 4.56. The maximum absolute atomic E-state index is 13.3. The molecule has 200 valence electrons. The average molecular weight is 501 g/mol. The summed E-state index contributed by atoms with van der Waals surface area (Å²) in [7, 11) is 0. The lowest BCUT2D eigenvalue weighted by molar-refractivity contribution is -0.141. The van der Waals surface area contributed by atoms with Gasteiger partial charge in [0.1, 0.15) is 6.04 Å². The van der Waals surface area contributed by atoms with E-state index in [4.69, 9.17) is 5.73 Å². The number of Topliss-reactive ketones (excluding diaryl/α,β-unsaturated/α-hetero) is 1. The number of likely N-dealkylation sites (tertiary alicyclic amines) is 1. The van der Waals surface area contributed by atoms with Crippen LogP contribution in [-0.2, 0) is 25.6 Å². The number of anilines is 1. The van der Waals surface area contributed by atoms with Gasteiger partial charge in [-0.15, -0.1) is 0 Å². The molecule has 0 bridgehead atoms. The number of carbonyl (C=O) groups excluding carboxylic acids is 4. The molecule has 8 nitrogen and oxygen atoms in total. The van der Waals surface area contributed by atoms with Gasteiger partial charge >= 0.3 is 0 Å². The van der Waals surface area contributed by atoms with Crippen LogP contribution in [0.5, 0.6) is 0 Å². The second-order valence-corrected chi connectivity index (χ2v) is 11.7. The Morgan fingerprint density at radius 1 is 1.03 bits per heavy atom. The Bertz CT molecular complexity index is 934. The number of benzene rings is 1. The highest BCUT2D eigenvalue weighted by Crippen LogP contribution is 2.26. The van der Waals surface area contributed by atoms with Gasteiger partial charge in [0, 0.05) is 24.6 Å². The van der Waals surface area contributed by atoms with Crippen molar-refractivity contribution in [1.82, 2.24) is 10.2 Å². The van der Waals surface area contributed by atoms with Gasteiger partial charge in [-0.1, -0.05) is 46.8 Å². The van der Waals surface area contributed by atoms with E-state index >= 15 is 0 Å². The molecule has 0 saturated carbocycles. The minimum absolute atomic E-state index is 0.0519. The van der Waals surface area contributed by atoms with Crippen LogP contribution >= 0.6 is 0 Å². The van der Waals surface area contributed by atoms with Gasteiger partial charge in [-0.25, -0.2) is 0 Å². The van der Waals surface area contributed by atoms with Gasteiger partial charge in [0.25, 0.3) is 0 Å². The van der Waals surface area contributed by atoms with Gasteiger partial charge in [-0.05, 0) is 62.1 Å². The molecule has 36 heavy (non-hydrogen) atoms. The predicted octanol–water partition coefficient (Wildman–Crippen LogP) is 3.29. The van der Waals surface area contributed by atoms with Crippen LogP contribution in [0.25, 0.3) is 0 Å². The number of ketones is 1. The highest BCUT2D eigenvalue weighted by atomic mass is 16.2.